The summed E-state index contributed by atoms with van der Waals surface area (Å²) in [7, 11) is 1.93. The maximum absolute atomic E-state index is 8.60. The quantitative estimate of drug-likeness (QED) is 0.331. The summed E-state index contributed by atoms with van der Waals surface area (Å²) in [4.78, 5) is 2.13. The van der Waals surface area contributed by atoms with Crippen LogP contribution in [0.5, 0.6) is 0 Å². The van der Waals surface area contributed by atoms with Gasteiger partial charge in [-0.3, -0.25) is 9.58 Å². The molecule has 0 radical (unpaired) electrons. The van der Waals surface area contributed by atoms with Crippen LogP contribution in [-0.4, -0.2) is 38.8 Å². The topological polar surface area (TPSA) is 79.7 Å². The summed E-state index contributed by atoms with van der Waals surface area (Å²) in [6, 6.07) is 2.05. The Kier molecular flexibility index (Phi) is 4.96. The van der Waals surface area contributed by atoms with Gasteiger partial charge in [0.2, 0.25) is 0 Å². The van der Waals surface area contributed by atoms with Crippen molar-refractivity contribution in [1.29, 1.82) is 0 Å². The zero-order chi connectivity index (χ0) is 12.8. The Bertz CT molecular complexity index is 385. The number of nitrogens with two attached hydrogens (primary N) is 1. The lowest BCUT2D eigenvalue weighted by atomic mass is 10.3. The minimum Gasteiger partial charge on any atom is -0.409 e. The minimum atomic E-state index is 0.234. The molecule has 0 aromatic carbocycles. The number of aryl methyl sites for hydroxylation is 2. The standard InChI is InChI=1S/C11H21N5O/c1-4-5-16(8-11(12)14-17)7-10-6-9(2)13-15(10)3/h6,17H,4-5,7-8H2,1-3H3,(H2,12,14). The maximum atomic E-state index is 8.60. The van der Waals surface area contributed by atoms with Crippen LogP contribution in [0.2, 0.25) is 0 Å². The third kappa shape index (κ3) is 4.07. The van der Waals surface area contributed by atoms with E-state index >= 15 is 0 Å². The molecule has 0 saturated heterocycles. The fourth-order valence-electron chi connectivity index (χ4n) is 1.83. The van der Waals surface area contributed by atoms with Crippen molar-refractivity contribution >= 4 is 5.84 Å². The second kappa shape index (κ2) is 6.24. The number of nitrogens with zero attached hydrogens (tertiary/aromatic N) is 4. The highest BCUT2D eigenvalue weighted by Crippen LogP contribution is 2.06. The molecule has 0 aliphatic rings. The summed E-state index contributed by atoms with van der Waals surface area (Å²) in [5.74, 6) is 0.234. The molecule has 17 heavy (non-hydrogen) atoms. The number of amidine groups is 1. The smallest absolute Gasteiger partial charge is 0.153 e. The van der Waals surface area contributed by atoms with E-state index in [1.165, 1.54) is 0 Å². The van der Waals surface area contributed by atoms with Gasteiger partial charge >= 0.3 is 0 Å². The molecule has 6 heteroatoms. The van der Waals surface area contributed by atoms with E-state index in [2.05, 4.69) is 28.1 Å². The van der Waals surface area contributed by atoms with Crippen molar-refractivity contribution in [2.24, 2.45) is 17.9 Å². The van der Waals surface area contributed by atoms with Crippen molar-refractivity contribution in [2.45, 2.75) is 26.8 Å². The molecule has 0 saturated carbocycles. The highest BCUT2D eigenvalue weighted by Gasteiger charge is 2.10. The average molecular weight is 239 g/mol. The Morgan fingerprint density at radius 3 is 2.82 bits per heavy atom. The largest absolute Gasteiger partial charge is 0.409 e. The van der Waals surface area contributed by atoms with Crippen LogP contribution in [0.15, 0.2) is 11.2 Å². The van der Waals surface area contributed by atoms with Crippen LogP contribution >= 0.6 is 0 Å². The first-order valence-corrected chi connectivity index (χ1v) is 5.75. The average Bonchev–Trinajstić information content (AvgIpc) is 2.57. The summed E-state index contributed by atoms with van der Waals surface area (Å²) < 4.78 is 1.87. The predicted octanol–water partition coefficient (Wildman–Crippen LogP) is 0.687. The van der Waals surface area contributed by atoms with Gasteiger partial charge in [-0.15, -0.1) is 0 Å². The third-order valence-corrected chi connectivity index (χ3v) is 2.54. The summed E-state index contributed by atoms with van der Waals surface area (Å²) in [6.45, 7) is 6.20. The van der Waals surface area contributed by atoms with Crippen LogP contribution in [-0.2, 0) is 13.6 Å². The summed E-state index contributed by atoms with van der Waals surface area (Å²) in [6.07, 6.45) is 1.02. The molecule has 1 rings (SSSR count). The van der Waals surface area contributed by atoms with Crippen LogP contribution < -0.4 is 5.73 Å². The molecule has 0 amide bonds. The molecule has 0 bridgehead atoms. The van der Waals surface area contributed by atoms with Gasteiger partial charge in [-0.25, -0.2) is 0 Å². The lowest BCUT2D eigenvalue weighted by Gasteiger charge is -2.20. The van der Waals surface area contributed by atoms with E-state index in [0.29, 0.717) is 6.54 Å². The van der Waals surface area contributed by atoms with Gasteiger partial charge in [0, 0.05) is 13.6 Å². The molecule has 1 heterocycles. The molecule has 96 valence electrons. The van der Waals surface area contributed by atoms with Crippen LogP contribution in [0.1, 0.15) is 24.7 Å². The molecule has 0 unspecified atom stereocenters. The summed E-state index contributed by atoms with van der Waals surface area (Å²) in [5.41, 5.74) is 7.67. The third-order valence-electron chi connectivity index (χ3n) is 2.54. The first-order chi connectivity index (χ1) is 8.06. The molecule has 0 aliphatic carbocycles. The van der Waals surface area contributed by atoms with Gasteiger partial charge in [-0.2, -0.15) is 5.10 Å². The molecule has 0 aliphatic heterocycles. The van der Waals surface area contributed by atoms with E-state index in [4.69, 9.17) is 10.9 Å². The van der Waals surface area contributed by atoms with Gasteiger partial charge in [-0.05, 0) is 26.0 Å². The fourth-order valence-corrected chi connectivity index (χ4v) is 1.83. The SMILES string of the molecule is CCCN(CC(N)=NO)Cc1cc(C)nn1C. The normalized spacial score (nSPS) is 12.4. The van der Waals surface area contributed by atoms with Crippen molar-refractivity contribution in [1.82, 2.24) is 14.7 Å². The summed E-state index contributed by atoms with van der Waals surface area (Å²) in [5, 5.41) is 15.9. The Balaban J connectivity index is 2.69. The van der Waals surface area contributed by atoms with Crippen molar-refractivity contribution < 1.29 is 5.21 Å². The second-order valence-corrected chi connectivity index (χ2v) is 4.20. The van der Waals surface area contributed by atoms with Gasteiger partial charge < -0.3 is 10.9 Å². The van der Waals surface area contributed by atoms with Gasteiger partial charge in [0.25, 0.3) is 0 Å². The first kappa shape index (κ1) is 13.5. The van der Waals surface area contributed by atoms with Gasteiger partial charge in [0.1, 0.15) is 0 Å². The molecule has 1 aromatic heterocycles. The van der Waals surface area contributed by atoms with Crippen LogP contribution in [0.25, 0.3) is 0 Å². The van der Waals surface area contributed by atoms with E-state index in [0.717, 1.165) is 30.9 Å². The number of hydrogen-bond donors (Lipinski definition) is 2. The molecule has 0 atom stereocenters. The molecule has 0 spiro atoms. The van der Waals surface area contributed by atoms with E-state index in [9.17, 15) is 0 Å². The molecular formula is C11H21N5O. The highest BCUT2D eigenvalue weighted by molar-refractivity contribution is 5.81. The monoisotopic (exact) mass is 239 g/mol. The Morgan fingerprint density at radius 1 is 1.65 bits per heavy atom. The Hall–Kier alpha value is -1.56. The minimum absolute atomic E-state index is 0.234. The predicted molar refractivity (Wildman–Crippen MR) is 66.9 cm³/mol. The molecular weight excluding hydrogens is 218 g/mol. The lowest BCUT2D eigenvalue weighted by Crippen LogP contribution is -2.34. The van der Waals surface area contributed by atoms with E-state index in [1.807, 2.05) is 18.7 Å². The van der Waals surface area contributed by atoms with Crippen molar-refractivity contribution in [3.05, 3.63) is 17.5 Å². The number of aromatic nitrogens is 2. The zero-order valence-electron chi connectivity index (χ0n) is 10.7. The fraction of sp³-hybridized carbons (Fsp3) is 0.636. The van der Waals surface area contributed by atoms with Gasteiger partial charge in [0.05, 0.1) is 17.9 Å². The van der Waals surface area contributed by atoms with Gasteiger partial charge in [-0.1, -0.05) is 12.1 Å². The highest BCUT2D eigenvalue weighted by atomic mass is 16.4. The lowest BCUT2D eigenvalue weighted by molar-refractivity contribution is 0.280. The Labute approximate surface area is 102 Å². The van der Waals surface area contributed by atoms with E-state index in [1.54, 1.807) is 0 Å². The van der Waals surface area contributed by atoms with Gasteiger partial charge in [0.15, 0.2) is 5.84 Å². The maximum Gasteiger partial charge on any atom is 0.153 e. The van der Waals surface area contributed by atoms with Crippen LogP contribution in [0.4, 0.5) is 0 Å². The number of rotatable bonds is 6. The van der Waals surface area contributed by atoms with Crippen molar-refractivity contribution in [3.8, 4) is 0 Å². The second-order valence-electron chi connectivity index (χ2n) is 4.20. The van der Waals surface area contributed by atoms with Crippen LogP contribution in [0.3, 0.4) is 0 Å². The molecule has 3 N–H and O–H groups in total. The number of oxime groups is 1. The molecule has 1 aromatic rings. The van der Waals surface area contributed by atoms with E-state index < -0.39 is 0 Å². The number of hydrogen-bond acceptors (Lipinski definition) is 4. The van der Waals surface area contributed by atoms with E-state index in [-0.39, 0.29) is 5.84 Å². The summed E-state index contributed by atoms with van der Waals surface area (Å²) >= 11 is 0. The molecule has 6 nitrogen and oxygen atoms in total. The zero-order valence-corrected chi connectivity index (χ0v) is 10.7. The van der Waals surface area contributed by atoms with Crippen LogP contribution in [0, 0.1) is 6.92 Å². The Morgan fingerprint density at radius 2 is 2.35 bits per heavy atom. The van der Waals surface area contributed by atoms with Crippen molar-refractivity contribution in [2.75, 3.05) is 13.1 Å². The first-order valence-electron chi connectivity index (χ1n) is 5.75. The molecule has 0 fully saturated rings. The van der Waals surface area contributed by atoms with Crippen molar-refractivity contribution in [3.63, 3.8) is 0 Å².